The van der Waals surface area contributed by atoms with Crippen LogP contribution >= 0.6 is 0 Å². The van der Waals surface area contributed by atoms with Gasteiger partial charge in [-0.15, -0.1) is 0 Å². The standard InChI is InChI=1S/C8H13NO3S/c10-7-2-4-8(9-7)3-1-5-13(11,12)6-8/h1-6H2,(H,9,10). The summed E-state index contributed by atoms with van der Waals surface area (Å²) in [4.78, 5) is 11.0. The molecule has 2 fully saturated rings. The second-order valence-corrected chi connectivity index (χ2v) is 6.21. The highest BCUT2D eigenvalue weighted by Crippen LogP contribution is 2.31. The average molecular weight is 203 g/mol. The summed E-state index contributed by atoms with van der Waals surface area (Å²) in [5, 5.41) is 2.81. The fraction of sp³-hybridized carbons (Fsp3) is 0.875. The van der Waals surface area contributed by atoms with Gasteiger partial charge in [0.2, 0.25) is 5.91 Å². The van der Waals surface area contributed by atoms with E-state index in [0.29, 0.717) is 19.3 Å². The van der Waals surface area contributed by atoms with Crippen LogP contribution in [0.15, 0.2) is 0 Å². The van der Waals surface area contributed by atoms with Gasteiger partial charge in [-0.25, -0.2) is 8.42 Å². The van der Waals surface area contributed by atoms with Crippen LogP contribution in [-0.2, 0) is 14.6 Å². The van der Waals surface area contributed by atoms with Gasteiger partial charge in [0, 0.05) is 6.42 Å². The predicted molar refractivity (Wildman–Crippen MR) is 48.0 cm³/mol. The Bertz CT molecular complexity index is 335. The minimum atomic E-state index is -2.91. The molecular formula is C8H13NO3S. The lowest BCUT2D eigenvalue weighted by Gasteiger charge is -2.32. The normalized spacial score (nSPS) is 37.7. The molecule has 0 radical (unpaired) electrons. The van der Waals surface area contributed by atoms with Crippen molar-refractivity contribution in [2.75, 3.05) is 11.5 Å². The number of carbonyl (C=O) groups is 1. The molecule has 0 aromatic rings. The fourth-order valence-corrected chi connectivity index (χ4v) is 4.20. The monoisotopic (exact) mass is 203 g/mol. The van der Waals surface area contributed by atoms with Gasteiger partial charge in [-0.2, -0.15) is 0 Å². The Morgan fingerprint density at radius 1 is 1.31 bits per heavy atom. The number of hydrogen-bond acceptors (Lipinski definition) is 3. The van der Waals surface area contributed by atoms with Gasteiger partial charge in [0.1, 0.15) is 0 Å². The molecule has 0 aromatic carbocycles. The van der Waals surface area contributed by atoms with Crippen LogP contribution in [0.1, 0.15) is 25.7 Å². The lowest BCUT2D eigenvalue weighted by atomic mass is 9.94. The summed E-state index contributed by atoms with van der Waals surface area (Å²) in [6, 6.07) is 0. The molecule has 1 amide bonds. The first kappa shape index (κ1) is 8.99. The first-order valence-corrected chi connectivity index (χ1v) is 6.35. The quantitative estimate of drug-likeness (QED) is 0.595. The summed E-state index contributed by atoms with van der Waals surface area (Å²) in [7, 11) is -2.91. The third kappa shape index (κ3) is 1.70. The van der Waals surface area contributed by atoms with Gasteiger partial charge >= 0.3 is 0 Å². The first-order chi connectivity index (χ1) is 6.02. The van der Waals surface area contributed by atoms with Crippen molar-refractivity contribution in [2.24, 2.45) is 0 Å². The van der Waals surface area contributed by atoms with Crippen molar-refractivity contribution < 1.29 is 13.2 Å². The van der Waals surface area contributed by atoms with Crippen LogP contribution in [0.2, 0.25) is 0 Å². The lowest BCUT2D eigenvalue weighted by molar-refractivity contribution is -0.119. The van der Waals surface area contributed by atoms with Gasteiger partial charge in [0.25, 0.3) is 0 Å². The third-order valence-corrected chi connectivity index (χ3v) is 4.75. The number of carbonyl (C=O) groups excluding carboxylic acids is 1. The molecule has 0 saturated carbocycles. The van der Waals surface area contributed by atoms with Gasteiger partial charge in [0.15, 0.2) is 9.84 Å². The number of amides is 1. The van der Waals surface area contributed by atoms with E-state index < -0.39 is 15.4 Å². The first-order valence-electron chi connectivity index (χ1n) is 4.53. The second-order valence-electron chi connectivity index (χ2n) is 4.02. The summed E-state index contributed by atoms with van der Waals surface area (Å²) in [5.41, 5.74) is -0.409. The van der Waals surface area contributed by atoms with Gasteiger partial charge in [0.05, 0.1) is 17.0 Å². The summed E-state index contributed by atoms with van der Waals surface area (Å²) in [6.45, 7) is 0. The minimum absolute atomic E-state index is 0.00269. The van der Waals surface area contributed by atoms with Gasteiger partial charge in [-0.1, -0.05) is 0 Å². The number of nitrogens with one attached hydrogen (secondary N) is 1. The van der Waals surface area contributed by atoms with Crippen molar-refractivity contribution in [1.29, 1.82) is 0 Å². The smallest absolute Gasteiger partial charge is 0.220 e. The van der Waals surface area contributed by atoms with Crippen LogP contribution in [0.3, 0.4) is 0 Å². The molecule has 5 heteroatoms. The molecule has 2 heterocycles. The topological polar surface area (TPSA) is 63.2 Å². The Hall–Kier alpha value is -0.580. The van der Waals surface area contributed by atoms with E-state index in [-0.39, 0.29) is 17.4 Å². The highest BCUT2D eigenvalue weighted by Gasteiger charge is 2.43. The molecule has 2 rings (SSSR count). The minimum Gasteiger partial charge on any atom is -0.350 e. The van der Waals surface area contributed by atoms with Crippen LogP contribution in [0.4, 0.5) is 0 Å². The molecule has 1 N–H and O–H groups in total. The van der Waals surface area contributed by atoms with E-state index in [1.165, 1.54) is 0 Å². The van der Waals surface area contributed by atoms with Gasteiger partial charge < -0.3 is 5.32 Å². The van der Waals surface area contributed by atoms with Crippen LogP contribution < -0.4 is 5.32 Å². The molecule has 2 saturated heterocycles. The zero-order chi connectivity index (χ0) is 9.53. The molecule has 0 aliphatic carbocycles. The maximum absolute atomic E-state index is 11.4. The van der Waals surface area contributed by atoms with E-state index in [1.807, 2.05) is 0 Å². The lowest BCUT2D eigenvalue weighted by Crippen LogP contribution is -2.50. The maximum Gasteiger partial charge on any atom is 0.220 e. The fourth-order valence-electron chi connectivity index (χ4n) is 2.27. The molecule has 4 nitrogen and oxygen atoms in total. The van der Waals surface area contributed by atoms with E-state index in [1.54, 1.807) is 0 Å². The Morgan fingerprint density at radius 3 is 2.62 bits per heavy atom. The van der Waals surface area contributed by atoms with E-state index in [0.717, 1.165) is 6.42 Å². The summed E-state index contributed by atoms with van der Waals surface area (Å²) < 4.78 is 22.7. The molecule has 1 unspecified atom stereocenters. The highest BCUT2D eigenvalue weighted by molar-refractivity contribution is 7.91. The molecule has 0 aromatic heterocycles. The largest absolute Gasteiger partial charge is 0.350 e. The van der Waals surface area contributed by atoms with Crippen molar-refractivity contribution in [3.05, 3.63) is 0 Å². The summed E-state index contributed by atoms with van der Waals surface area (Å²) in [6.07, 6.45) is 2.67. The summed E-state index contributed by atoms with van der Waals surface area (Å²) >= 11 is 0. The van der Waals surface area contributed by atoms with Crippen molar-refractivity contribution in [3.8, 4) is 0 Å². The second kappa shape index (κ2) is 2.70. The Labute approximate surface area is 77.6 Å². The van der Waals surface area contributed by atoms with Gasteiger partial charge in [-0.3, -0.25) is 4.79 Å². The molecule has 2 aliphatic heterocycles. The molecule has 2 aliphatic rings. The van der Waals surface area contributed by atoms with Crippen molar-refractivity contribution >= 4 is 15.7 Å². The Morgan fingerprint density at radius 2 is 2.08 bits per heavy atom. The predicted octanol–water partition coefficient (Wildman–Crippen LogP) is -0.156. The zero-order valence-electron chi connectivity index (χ0n) is 7.38. The molecule has 1 spiro atoms. The van der Waals surface area contributed by atoms with Crippen LogP contribution in [0, 0.1) is 0 Å². The third-order valence-electron chi connectivity index (χ3n) is 2.84. The molecule has 13 heavy (non-hydrogen) atoms. The zero-order valence-corrected chi connectivity index (χ0v) is 8.19. The number of rotatable bonds is 0. The van der Waals surface area contributed by atoms with E-state index in [9.17, 15) is 13.2 Å². The number of hydrogen-bond donors (Lipinski definition) is 1. The molecule has 74 valence electrons. The van der Waals surface area contributed by atoms with Crippen molar-refractivity contribution in [1.82, 2.24) is 5.32 Å². The molecule has 0 bridgehead atoms. The molecular weight excluding hydrogens is 190 g/mol. The Balaban J connectivity index is 2.20. The van der Waals surface area contributed by atoms with Crippen molar-refractivity contribution in [3.63, 3.8) is 0 Å². The molecule has 1 atom stereocenters. The summed E-state index contributed by atoms with van der Waals surface area (Å²) in [5.74, 6) is 0.424. The van der Waals surface area contributed by atoms with E-state index in [4.69, 9.17) is 0 Å². The van der Waals surface area contributed by atoms with Crippen molar-refractivity contribution in [2.45, 2.75) is 31.2 Å². The van der Waals surface area contributed by atoms with Crippen LogP contribution in [0.25, 0.3) is 0 Å². The maximum atomic E-state index is 11.4. The van der Waals surface area contributed by atoms with Gasteiger partial charge in [-0.05, 0) is 19.3 Å². The Kier molecular flexibility index (Phi) is 1.87. The SMILES string of the molecule is O=C1CCC2(CCCS(=O)(=O)C2)N1. The van der Waals surface area contributed by atoms with Crippen LogP contribution in [-0.4, -0.2) is 31.4 Å². The van der Waals surface area contributed by atoms with E-state index >= 15 is 0 Å². The van der Waals surface area contributed by atoms with Crippen LogP contribution in [0.5, 0.6) is 0 Å². The average Bonchev–Trinajstić information content (AvgIpc) is 2.29. The van der Waals surface area contributed by atoms with E-state index in [2.05, 4.69) is 5.32 Å². The highest BCUT2D eigenvalue weighted by atomic mass is 32.2. The number of sulfone groups is 1.